The molecule has 1 aromatic heterocycles. The molecule has 11 nitrogen and oxygen atoms in total. The topological polar surface area (TPSA) is 109 Å². The maximum atomic E-state index is 11.8. The van der Waals surface area contributed by atoms with Crippen LogP contribution in [0, 0.1) is 10.1 Å². The predicted molar refractivity (Wildman–Crippen MR) is 127 cm³/mol. The van der Waals surface area contributed by atoms with E-state index in [1.54, 1.807) is 6.07 Å². The van der Waals surface area contributed by atoms with Crippen LogP contribution in [-0.2, 0) is 4.74 Å². The number of fused-ring (bicyclic) bond motifs is 2. The van der Waals surface area contributed by atoms with Gasteiger partial charge in [-0.3, -0.25) is 10.1 Å². The van der Waals surface area contributed by atoms with Crippen molar-refractivity contribution in [3.63, 3.8) is 0 Å². The molecule has 0 aliphatic carbocycles. The van der Waals surface area contributed by atoms with Crippen molar-refractivity contribution < 1.29 is 14.4 Å². The van der Waals surface area contributed by atoms with E-state index in [-0.39, 0.29) is 23.8 Å². The number of benzene rings is 1. The number of hydrogen-bond acceptors (Lipinski definition) is 10. The summed E-state index contributed by atoms with van der Waals surface area (Å²) in [4.78, 5) is 26.3. The molecule has 0 saturated carbocycles. The Hall–Kier alpha value is -2.89. The molecule has 2 saturated heterocycles. The number of nitro groups is 1. The highest BCUT2D eigenvalue weighted by molar-refractivity contribution is 6.32. The molecular weight excluding hydrogens is 450 g/mol. The van der Waals surface area contributed by atoms with Gasteiger partial charge in [0, 0.05) is 38.8 Å². The quantitative estimate of drug-likeness (QED) is 0.427. The van der Waals surface area contributed by atoms with Gasteiger partial charge in [-0.25, -0.2) is 4.98 Å². The molecule has 2 aliphatic rings. The van der Waals surface area contributed by atoms with Gasteiger partial charge in [-0.15, -0.1) is 0 Å². The highest BCUT2D eigenvalue weighted by Crippen LogP contribution is 2.40. The number of hydrogen-bond donors (Lipinski definition) is 1. The molecule has 0 amide bonds. The number of aromatic nitrogens is 2. The van der Waals surface area contributed by atoms with Crippen molar-refractivity contribution in [3.8, 4) is 5.75 Å². The number of likely N-dealkylation sites (N-methyl/N-ethyl adjacent to an activating group) is 2. The van der Waals surface area contributed by atoms with Crippen molar-refractivity contribution in [2.75, 3.05) is 69.6 Å². The van der Waals surface area contributed by atoms with E-state index in [2.05, 4.69) is 20.2 Å². The first-order chi connectivity index (χ1) is 15.8. The molecule has 1 N–H and O–H groups in total. The summed E-state index contributed by atoms with van der Waals surface area (Å²) in [5.74, 6) is 1.35. The highest BCUT2D eigenvalue weighted by Gasteiger charge is 2.40. The van der Waals surface area contributed by atoms with Gasteiger partial charge < -0.3 is 29.5 Å². The molecule has 0 spiro atoms. The van der Waals surface area contributed by atoms with E-state index in [1.165, 1.54) is 19.4 Å². The number of methoxy groups -OCH3 is 1. The standard InChI is InChI=1S/C21H28ClN7O4/c1-26(2)5-6-27(3)17-9-19(32-4)16(8-18(17)29(30)31)24-21-23-10-15(22)20(25-21)28-11-14-7-13(28)12-33-14/h8-10,13-14H,5-7,11-12H2,1-4H3,(H,23,24,25)/t13-,14-/m0/s1. The van der Waals surface area contributed by atoms with Crippen molar-refractivity contribution in [3.05, 3.63) is 33.5 Å². The lowest BCUT2D eigenvalue weighted by molar-refractivity contribution is -0.384. The summed E-state index contributed by atoms with van der Waals surface area (Å²) in [6.07, 6.45) is 2.67. The van der Waals surface area contributed by atoms with Gasteiger partial charge in [-0.1, -0.05) is 11.6 Å². The van der Waals surface area contributed by atoms with Crippen LogP contribution in [0.1, 0.15) is 6.42 Å². The number of rotatable bonds is 9. The maximum Gasteiger partial charge on any atom is 0.294 e. The molecule has 2 aromatic rings. The van der Waals surface area contributed by atoms with E-state index in [1.807, 2.05) is 30.9 Å². The average molecular weight is 478 g/mol. The first kappa shape index (κ1) is 23.3. The van der Waals surface area contributed by atoms with E-state index in [0.717, 1.165) is 19.5 Å². The molecule has 0 unspecified atom stereocenters. The third-order valence-electron chi connectivity index (χ3n) is 5.93. The van der Waals surface area contributed by atoms with E-state index in [9.17, 15) is 10.1 Å². The Morgan fingerprint density at radius 2 is 2.15 bits per heavy atom. The van der Waals surface area contributed by atoms with Crippen LogP contribution in [0.4, 0.5) is 28.8 Å². The van der Waals surface area contributed by atoms with E-state index in [4.69, 9.17) is 21.1 Å². The molecule has 0 radical (unpaired) electrons. The minimum atomic E-state index is -0.402. The Kier molecular flexibility index (Phi) is 6.73. The van der Waals surface area contributed by atoms with Crippen LogP contribution in [0.3, 0.4) is 0 Å². The second-order valence-electron chi connectivity index (χ2n) is 8.51. The SMILES string of the molecule is COc1cc(N(C)CCN(C)C)c([N+](=O)[O-])cc1Nc1ncc(Cl)c(N2C[C@@H]3C[C@H]2CO3)n1. The van der Waals surface area contributed by atoms with Crippen LogP contribution in [0.2, 0.25) is 5.02 Å². The molecule has 33 heavy (non-hydrogen) atoms. The summed E-state index contributed by atoms with van der Waals surface area (Å²) in [6.45, 7) is 2.75. The van der Waals surface area contributed by atoms with Crippen molar-refractivity contribution >= 4 is 40.4 Å². The summed E-state index contributed by atoms with van der Waals surface area (Å²) in [7, 11) is 7.25. The average Bonchev–Trinajstić information content (AvgIpc) is 3.42. The van der Waals surface area contributed by atoms with Gasteiger partial charge in [0.05, 0.1) is 42.7 Å². The number of nitrogens with zero attached hydrogens (tertiary/aromatic N) is 6. The summed E-state index contributed by atoms with van der Waals surface area (Å²) in [5.41, 5.74) is 0.825. The number of ether oxygens (including phenoxy) is 2. The molecule has 2 fully saturated rings. The Morgan fingerprint density at radius 3 is 2.76 bits per heavy atom. The zero-order valence-electron chi connectivity index (χ0n) is 19.1. The number of nitrogens with one attached hydrogen (secondary N) is 1. The van der Waals surface area contributed by atoms with Crippen LogP contribution in [-0.4, -0.2) is 86.4 Å². The minimum absolute atomic E-state index is 0.0391. The number of anilines is 4. The molecule has 3 heterocycles. The zero-order chi connectivity index (χ0) is 23.7. The molecule has 1 aromatic carbocycles. The van der Waals surface area contributed by atoms with Crippen LogP contribution in [0.5, 0.6) is 5.75 Å². The van der Waals surface area contributed by atoms with Crippen molar-refractivity contribution in [2.24, 2.45) is 0 Å². The van der Waals surface area contributed by atoms with Crippen LogP contribution >= 0.6 is 11.6 Å². The van der Waals surface area contributed by atoms with Gasteiger partial charge in [-0.05, 0) is 20.5 Å². The van der Waals surface area contributed by atoms with Crippen molar-refractivity contribution in [1.82, 2.24) is 14.9 Å². The fraction of sp³-hybridized carbons (Fsp3) is 0.524. The fourth-order valence-electron chi connectivity index (χ4n) is 4.15. The fourth-order valence-corrected chi connectivity index (χ4v) is 4.35. The Balaban J connectivity index is 1.63. The Bertz CT molecular complexity index is 1040. The molecule has 2 atom stereocenters. The van der Waals surface area contributed by atoms with Crippen LogP contribution in [0.15, 0.2) is 18.3 Å². The smallest absolute Gasteiger partial charge is 0.294 e. The van der Waals surface area contributed by atoms with Crippen LogP contribution < -0.4 is 19.9 Å². The first-order valence-electron chi connectivity index (χ1n) is 10.7. The Labute approximate surface area is 197 Å². The van der Waals surface area contributed by atoms with Crippen LogP contribution in [0.25, 0.3) is 0 Å². The van der Waals surface area contributed by atoms with Gasteiger partial charge in [0.25, 0.3) is 5.69 Å². The Morgan fingerprint density at radius 1 is 1.36 bits per heavy atom. The van der Waals surface area contributed by atoms with Crippen molar-refractivity contribution in [2.45, 2.75) is 18.6 Å². The first-order valence-corrected chi connectivity index (χ1v) is 11.0. The molecular formula is C21H28ClN7O4. The van der Waals surface area contributed by atoms with Gasteiger partial charge >= 0.3 is 0 Å². The lowest BCUT2D eigenvalue weighted by Crippen LogP contribution is -2.37. The molecule has 2 aliphatic heterocycles. The monoisotopic (exact) mass is 477 g/mol. The second kappa shape index (κ2) is 9.54. The third-order valence-corrected chi connectivity index (χ3v) is 6.20. The predicted octanol–water partition coefficient (Wildman–Crippen LogP) is 2.77. The summed E-state index contributed by atoms with van der Waals surface area (Å²) in [5, 5.41) is 15.4. The van der Waals surface area contributed by atoms with Gasteiger partial charge in [0.2, 0.25) is 5.95 Å². The highest BCUT2D eigenvalue weighted by atomic mass is 35.5. The largest absolute Gasteiger partial charge is 0.494 e. The molecule has 178 valence electrons. The van der Waals surface area contributed by atoms with Gasteiger partial charge in [0.1, 0.15) is 16.5 Å². The third kappa shape index (κ3) is 4.90. The maximum absolute atomic E-state index is 11.8. The summed E-state index contributed by atoms with van der Waals surface area (Å²) >= 11 is 6.39. The molecule has 12 heteroatoms. The number of morpholine rings is 1. The van der Waals surface area contributed by atoms with E-state index >= 15 is 0 Å². The summed E-state index contributed by atoms with van der Waals surface area (Å²) < 4.78 is 11.2. The lowest BCUT2D eigenvalue weighted by atomic mass is 10.2. The minimum Gasteiger partial charge on any atom is -0.494 e. The van der Waals surface area contributed by atoms with E-state index < -0.39 is 4.92 Å². The number of halogens is 1. The van der Waals surface area contributed by atoms with Gasteiger partial charge in [-0.2, -0.15) is 4.98 Å². The van der Waals surface area contributed by atoms with E-state index in [0.29, 0.717) is 41.1 Å². The molecule has 2 bridgehead atoms. The normalized spacial score (nSPS) is 19.3. The number of nitro benzene ring substituents is 1. The van der Waals surface area contributed by atoms with Crippen molar-refractivity contribution in [1.29, 1.82) is 0 Å². The zero-order valence-corrected chi connectivity index (χ0v) is 19.9. The molecule has 4 rings (SSSR count). The summed E-state index contributed by atoms with van der Waals surface area (Å²) in [6, 6.07) is 3.34. The van der Waals surface area contributed by atoms with Gasteiger partial charge in [0.15, 0.2) is 5.82 Å². The lowest BCUT2D eigenvalue weighted by Gasteiger charge is -2.28. The second-order valence-corrected chi connectivity index (χ2v) is 8.92.